The average Bonchev–Trinajstić information content (AvgIpc) is 3.38. The molecular weight excluding hydrogens is 434 g/mol. The number of nitrogens with zero attached hydrogens (tertiary/aromatic N) is 1. The number of benzene rings is 2. The fraction of sp³-hybridized carbons (Fsp3) is 0.533. The Hall–Kier alpha value is -2.66. The summed E-state index contributed by atoms with van der Waals surface area (Å²) in [5, 5.41) is 3.24. The minimum atomic E-state index is -1.02. The molecule has 0 aromatic heterocycles. The SMILES string of the molecule is NC(=O)C1(C(=O)NC(CCCN2CCC(Cc3ccccc3)CC2)Cc2ccccc2)CCCC1. The quantitative estimate of drug-likeness (QED) is 0.470. The van der Waals surface area contributed by atoms with Crippen LogP contribution in [0.1, 0.15) is 62.5 Å². The molecule has 3 N–H and O–H groups in total. The summed E-state index contributed by atoms with van der Waals surface area (Å²) in [6, 6.07) is 21.1. The fourth-order valence-electron chi connectivity index (χ4n) is 5.93. The van der Waals surface area contributed by atoms with Gasteiger partial charge in [0.15, 0.2) is 0 Å². The minimum Gasteiger partial charge on any atom is -0.369 e. The van der Waals surface area contributed by atoms with Crippen molar-refractivity contribution >= 4 is 11.8 Å². The van der Waals surface area contributed by atoms with Crippen LogP contribution in [0.5, 0.6) is 0 Å². The largest absolute Gasteiger partial charge is 0.369 e. The van der Waals surface area contributed by atoms with Crippen molar-refractivity contribution in [2.24, 2.45) is 17.1 Å². The maximum Gasteiger partial charge on any atom is 0.235 e. The van der Waals surface area contributed by atoms with E-state index >= 15 is 0 Å². The Morgan fingerprint density at radius 1 is 0.943 bits per heavy atom. The molecule has 2 aliphatic rings. The van der Waals surface area contributed by atoms with E-state index in [0.29, 0.717) is 12.8 Å². The number of piperidine rings is 1. The van der Waals surface area contributed by atoms with E-state index in [0.717, 1.165) is 57.7 Å². The third-order valence-corrected chi connectivity index (χ3v) is 8.12. The molecule has 1 unspecified atom stereocenters. The Morgan fingerprint density at radius 2 is 1.54 bits per heavy atom. The van der Waals surface area contributed by atoms with Gasteiger partial charge in [0.05, 0.1) is 0 Å². The molecule has 0 radical (unpaired) electrons. The topological polar surface area (TPSA) is 75.4 Å². The zero-order valence-electron chi connectivity index (χ0n) is 21.0. The van der Waals surface area contributed by atoms with Gasteiger partial charge in [-0.1, -0.05) is 73.5 Å². The van der Waals surface area contributed by atoms with Crippen LogP contribution in [0, 0.1) is 11.3 Å². The van der Waals surface area contributed by atoms with Gasteiger partial charge in [0.25, 0.3) is 0 Å². The van der Waals surface area contributed by atoms with Gasteiger partial charge in [-0.2, -0.15) is 0 Å². The molecule has 1 saturated carbocycles. The van der Waals surface area contributed by atoms with Gasteiger partial charge >= 0.3 is 0 Å². The molecule has 1 heterocycles. The van der Waals surface area contributed by atoms with E-state index in [4.69, 9.17) is 5.73 Å². The number of primary amides is 1. The molecule has 2 amide bonds. The van der Waals surface area contributed by atoms with Gasteiger partial charge in [-0.15, -0.1) is 0 Å². The normalized spacial score (nSPS) is 19.3. The van der Waals surface area contributed by atoms with Crippen LogP contribution in [-0.4, -0.2) is 42.4 Å². The van der Waals surface area contributed by atoms with Crippen molar-refractivity contribution in [2.75, 3.05) is 19.6 Å². The third-order valence-electron chi connectivity index (χ3n) is 8.12. The van der Waals surface area contributed by atoms with E-state index < -0.39 is 11.3 Å². The first-order chi connectivity index (χ1) is 17.0. The molecule has 0 spiro atoms. The van der Waals surface area contributed by atoms with Crippen molar-refractivity contribution in [1.82, 2.24) is 10.2 Å². The highest BCUT2D eigenvalue weighted by molar-refractivity contribution is 6.04. The van der Waals surface area contributed by atoms with Crippen LogP contribution in [0.25, 0.3) is 0 Å². The number of carbonyl (C=O) groups excluding carboxylic acids is 2. The number of rotatable bonds is 11. The monoisotopic (exact) mass is 475 g/mol. The van der Waals surface area contributed by atoms with Gasteiger partial charge in [-0.05, 0) is 88.0 Å². The number of nitrogens with one attached hydrogen (secondary N) is 1. The molecule has 1 aliphatic carbocycles. The van der Waals surface area contributed by atoms with Crippen LogP contribution < -0.4 is 11.1 Å². The number of likely N-dealkylation sites (tertiary alicyclic amines) is 1. The molecule has 188 valence electrons. The second kappa shape index (κ2) is 12.3. The van der Waals surface area contributed by atoms with Crippen molar-refractivity contribution in [1.29, 1.82) is 0 Å². The lowest BCUT2D eigenvalue weighted by Crippen LogP contribution is -2.51. The molecule has 2 aromatic rings. The van der Waals surface area contributed by atoms with Gasteiger partial charge in [0, 0.05) is 6.04 Å². The molecular formula is C30H41N3O2. The molecule has 4 rings (SSSR count). The van der Waals surface area contributed by atoms with Crippen molar-refractivity contribution in [3.63, 3.8) is 0 Å². The van der Waals surface area contributed by atoms with Crippen molar-refractivity contribution in [3.8, 4) is 0 Å². The summed E-state index contributed by atoms with van der Waals surface area (Å²) in [6.07, 6.45) is 9.32. The second-order valence-electron chi connectivity index (χ2n) is 10.6. The Morgan fingerprint density at radius 3 is 2.14 bits per heavy atom. The predicted molar refractivity (Wildman–Crippen MR) is 141 cm³/mol. The van der Waals surface area contributed by atoms with Crippen molar-refractivity contribution in [3.05, 3.63) is 71.8 Å². The zero-order valence-corrected chi connectivity index (χ0v) is 21.0. The maximum atomic E-state index is 13.2. The van der Waals surface area contributed by atoms with Crippen molar-refractivity contribution < 1.29 is 9.59 Å². The van der Waals surface area contributed by atoms with Crippen LogP contribution in [0.2, 0.25) is 0 Å². The van der Waals surface area contributed by atoms with Gasteiger partial charge in [-0.3, -0.25) is 9.59 Å². The first-order valence-electron chi connectivity index (χ1n) is 13.5. The number of amides is 2. The number of hydrogen-bond acceptors (Lipinski definition) is 3. The highest BCUT2D eigenvalue weighted by atomic mass is 16.2. The standard InChI is InChI=1S/C30H41N3O2/c31-28(34)30(17-7-8-18-30)29(35)32-27(23-25-12-5-2-6-13-25)14-9-19-33-20-15-26(16-21-33)22-24-10-3-1-4-11-24/h1-6,10-13,26-27H,7-9,14-23H2,(H2,31,34)(H,32,35). The summed E-state index contributed by atoms with van der Waals surface area (Å²) in [5.41, 5.74) is 7.35. The Kier molecular flexibility index (Phi) is 8.97. The lowest BCUT2D eigenvalue weighted by molar-refractivity contribution is -0.141. The summed E-state index contributed by atoms with van der Waals surface area (Å²) in [6.45, 7) is 3.36. The van der Waals surface area contributed by atoms with Crippen LogP contribution in [0.4, 0.5) is 0 Å². The Labute approximate surface area is 210 Å². The van der Waals surface area contributed by atoms with Gasteiger partial charge in [-0.25, -0.2) is 0 Å². The number of carbonyl (C=O) groups is 2. The first kappa shape index (κ1) is 25.4. The van der Waals surface area contributed by atoms with Crippen molar-refractivity contribution in [2.45, 2.75) is 70.3 Å². The second-order valence-corrected chi connectivity index (χ2v) is 10.6. The molecule has 1 saturated heterocycles. The summed E-state index contributed by atoms with van der Waals surface area (Å²) in [4.78, 5) is 28.0. The maximum absolute atomic E-state index is 13.2. The fourth-order valence-corrected chi connectivity index (χ4v) is 5.93. The molecule has 0 bridgehead atoms. The minimum absolute atomic E-state index is 0.0114. The molecule has 1 atom stereocenters. The van der Waals surface area contributed by atoms with Crippen LogP contribution in [0.15, 0.2) is 60.7 Å². The van der Waals surface area contributed by atoms with E-state index in [2.05, 4.69) is 52.7 Å². The Bertz CT molecular complexity index is 933. The number of nitrogens with two attached hydrogens (primary N) is 1. The van der Waals surface area contributed by atoms with E-state index in [1.54, 1.807) is 0 Å². The van der Waals surface area contributed by atoms with E-state index in [1.165, 1.54) is 30.4 Å². The van der Waals surface area contributed by atoms with Gasteiger partial charge < -0.3 is 16.0 Å². The van der Waals surface area contributed by atoms with Crippen LogP contribution >= 0.6 is 0 Å². The molecule has 2 aromatic carbocycles. The highest BCUT2D eigenvalue weighted by Gasteiger charge is 2.47. The molecule has 1 aliphatic heterocycles. The zero-order chi connectivity index (χ0) is 24.5. The first-order valence-corrected chi connectivity index (χ1v) is 13.5. The smallest absolute Gasteiger partial charge is 0.235 e. The van der Waals surface area contributed by atoms with E-state index in [9.17, 15) is 9.59 Å². The summed E-state index contributed by atoms with van der Waals surface area (Å²) in [5.74, 6) is 0.143. The number of hydrogen-bond donors (Lipinski definition) is 2. The third kappa shape index (κ3) is 6.94. The molecule has 35 heavy (non-hydrogen) atoms. The lowest BCUT2D eigenvalue weighted by Gasteiger charge is -2.33. The summed E-state index contributed by atoms with van der Waals surface area (Å²) < 4.78 is 0. The van der Waals surface area contributed by atoms with Crippen LogP contribution in [-0.2, 0) is 22.4 Å². The van der Waals surface area contributed by atoms with E-state index in [-0.39, 0.29) is 11.9 Å². The lowest BCUT2D eigenvalue weighted by atomic mass is 9.83. The van der Waals surface area contributed by atoms with Crippen LogP contribution in [0.3, 0.4) is 0 Å². The summed E-state index contributed by atoms with van der Waals surface area (Å²) >= 11 is 0. The molecule has 2 fully saturated rings. The Balaban J connectivity index is 1.28. The molecule has 5 nitrogen and oxygen atoms in total. The summed E-state index contributed by atoms with van der Waals surface area (Å²) in [7, 11) is 0. The van der Waals surface area contributed by atoms with Gasteiger partial charge in [0.2, 0.25) is 11.8 Å². The van der Waals surface area contributed by atoms with E-state index in [1.807, 2.05) is 18.2 Å². The van der Waals surface area contributed by atoms with Gasteiger partial charge in [0.1, 0.15) is 5.41 Å². The predicted octanol–water partition coefficient (Wildman–Crippen LogP) is 4.49. The average molecular weight is 476 g/mol. The molecule has 5 heteroatoms. The highest BCUT2D eigenvalue weighted by Crippen LogP contribution is 2.38.